The summed E-state index contributed by atoms with van der Waals surface area (Å²) in [6, 6.07) is 9.15. The molecule has 154 valence electrons. The van der Waals surface area contributed by atoms with Crippen LogP contribution in [0.4, 0.5) is 8.78 Å². The normalized spacial score (nSPS) is 31.1. The van der Waals surface area contributed by atoms with Gasteiger partial charge in [0, 0.05) is 44.4 Å². The fraction of sp³-hybridized carbons (Fsp3) is 0.682. The average Bonchev–Trinajstić information content (AvgIpc) is 3.24. The lowest BCUT2D eigenvalue weighted by Crippen LogP contribution is -2.54. The van der Waals surface area contributed by atoms with Crippen LogP contribution >= 0.6 is 0 Å². The van der Waals surface area contributed by atoms with Gasteiger partial charge in [-0.25, -0.2) is 8.78 Å². The molecule has 1 aromatic carbocycles. The molecular formula is C22H30F2N2O2. The second-order valence-corrected chi connectivity index (χ2v) is 9.21. The molecule has 0 radical (unpaired) electrons. The Labute approximate surface area is 165 Å². The summed E-state index contributed by atoms with van der Waals surface area (Å²) in [5, 5.41) is 15.1. The Morgan fingerprint density at radius 2 is 1.86 bits per heavy atom. The van der Waals surface area contributed by atoms with Crippen molar-refractivity contribution in [2.75, 3.05) is 19.6 Å². The number of carbonyl (C=O) groups excluding carboxylic acids is 1. The number of rotatable bonds is 3. The molecule has 4 nitrogen and oxygen atoms in total. The van der Waals surface area contributed by atoms with Gasteiger partial charge in [0.25, 0.3) is 5.91 Å². The highest BCUT2D eigenvalue weighted by molar-refractivity contribution is 5.87. The Balaban J connectivity index is 1.56. The highest BCUT2D eigenvalue weighted by Crippen LogP contribution is 2.49. The SMILES string of the molecule is CC1CC2(CCN(C(=O)[C@](O)(c3ccccc3)[C@@H]3CCC(F)(F)C3)CC2)CN1. The number of amides is 1. The molecule has 1 saturated carbocycles. The zero-order valence-corrected chi connectivity index (χ0v) is 16.5. The van der Waals surface area contributed by atoms with Crippen molar-refractivity contribution < 1.29 is 18.7 Å². The summed E-state index contributed by atoms with van der Waals surface area (Å²) < 4.78 is 27.9. The van der Waals surface area contributed by atoms with E-state index in [1.807, 2.05) is 0 Å². The molecule has 3 fully saturated rings. The summed E-state index contributed by atoms with van der Waals surface area (Å²) in [6.45, 7) is 4.30. The minimum absolute atomic E-state index is 0.156. The first-order chi connectivity index (χ1) is 13.2. The smallest absolute Gasteiger partial charge is 0.259 e. The van der Waals surface area contributed by atoms with E-state index in [-0.39, 0.29) is 18.3 Å². The number of hydrogen-bond donors (Lipinski definition) is 2. The molecule has 2 saturated heterocycles. The zero-order valence-electron chi connectivity index (χ0n) is 16.5. The number of likely N-dealkylation sites (tertiary alicyclic amines) is 1. The van der Waals surface area contributed by atoms with Gasteiger partial charge in [0.05, 0.1) is 0 Å². The van der Waals surface area contributed by atoms with E-state index in [9.17, 15) is 18.7 Å². The molecule has 2 aliphatic heterocycles. The lowest BCUT2D eigenvalue weighted by molar-refractivity contribution is -0.162. The van der Waals surface area contributed by atoms with Crippen molar-refractivity contribution in [2.24, 2.45) is 11.3 Å². The zero-order chi connectivity index (χ0) is 20.0. The van der Waals surface area contributed by atoms with Crippen molar-refractivity contribution in [3.63, 3.8) is 0 Å². The van der Waals surface area contributed by atoms with Gasteiger partial charge in [-0.3, -0.25) is 4.79 Å². The molecular weight excluding hydrogens is 362 g/mol. The summed E-state index contributed by atoms with van der Waals surface area (Å²) in [5.74, 6) is -3.98. The van der Waals surface area contributed by atoms with E-state index in [2.05, 4.69) is 12.2 Å². The number of benzene rings is 1. The van der Waals surface area contributed by atoms with Gasteiger partial charge in [-0.1, -0.05) is 30.3 Å². The number of nitrogens with zero attached hydrogens (tertiary/aromatic N) is 1. The molecule has 2 heterocycles. The number of alkyl halides is 2. The molecule has 4 rings (SSSR count). The first-order valence-corrected chi connectivity index (χ1v) is 10.4. The Morgan fingerprint density at radius 3 is 2.39 bits per heavy atom. The third kappa shape index (κ3) is 3.45. The fourth-order valence-corrected chi connectivity index (χ4v) is 5.52. The van der Waals surface area contributed by atoms with E-state index >= 15 is 0 Å². The van der Waals surface area contributed by atoms with Gasteiger partial charge in [0.1, 0.15) is 0 Å². The van der Waals surface area contributed by atoms with Crippen molar-refractivity contribution in [3.8, 4) is 0 Å². The van der Waals surface area contributed by atoms with Gasteiger partial charge in [-0.05, 0) is 43.6 Å². The van der Waals surface area contributed by atoms with E-state index in [4.69, 9.17) is 0 Å². The number of carbonyl (C=O) groups is 1. The number of halogens is 2. The second-order valence-electron chi connectivity index (χ2n) is 9.21. The monoisotopic (exact) mass is 392 g/mol. The second kappa shape index (κ2) is 7.06. The van der Waals surface area contributed by atoms with Crippen LogP contribution in [-0.2, 0) is 10.4 Å². The molecule has 1 aliphatic carbocycles. The Bertz CT molecular complexity index is 719. The van der Waals surface area contributed by atoms with E-state index in [0.29, 0.717) is 24.7 Å². The first kappa shape index (κ1) is 19.8. The van der Waals surface area contributed by atoms with E-state index in [1.165, 1.54) is 0 Å². The van der Waals surface area contributed by atoms with Crippen LogP contribution in [0, 0.1) is 11.3 Å². The van der Waals surface area contributed by atoms with Crippen LogP contribution in [0.2, 0.25) is 0 Å². The predicted molar refractivity (Wildman–Crippen MR) is 103 cm³/mol. The molecule has 1 amide bonds. The van der Waals surface area contributed by atoms with Crippen LogP contribution < -0.4 is 5.32 Å². The molecule has 3 atom stereocenters. The molecule has 1 unspecified atom stereocenters. The molecule has 3 aliphatic rings. The number of aliphatic hydroxyl groups is 1. The van der Waals surface area contributed by atoms with Gasteiger partial charge < -0.3 is 15.3 Å². The predicted octanol–water partition coefficient (Wildman–Crippen LogP) is 3.30. The molecule has 6 heteroatoms. The number of hydrogen-bond acceptors (Lipinski definition) is 3. The van der Waals surface area contributed by atoms with Crippen molar-refractivity contribution in [1.82, 2.24) is 10.2 Å². The Hall–Kier alpha value is -1.53. The standard InChI is InChI=1S/C22H30F2N2O2/c1-16-13-20(15-25-16)9-11-26(12-10-20)19(27)22(28,17-5-3-2-4-6-17)18-7-8-21(23,24)14-18/h2-6,16,18,25,28H,7-15H2,1H3/t16?,18-,22+/m1/s1. The van der Waals surface area contributed by atoms with Gasteiger partial charge in [-0.2, -0.15) is 0 Å². The summed E-state index contributed by atoms with van der Waals surface area (Å²) >= 11 is 0. The number of nitrogens with one attached hydrogen (secondary N) is 1. The summed E-state index contributed by atoms with van der Waals surface area (Å²) in [5.41, 5.74) is -1.23. The maximum absolute atomic E-state index is 13.9. The van der Waals surface area contributed by atoms with Gasteiger partial charge >= 0.3 is 0 Å². The molecule has 28 heavy (non-hydrogen) atoms. The summed E-state index contributed by atoms with van der Waals surface area (Å²) in [6.07, 6.45) is 2.33. The Kier molecular flexibility index (Phi) is 4.99. The minimum Gasteiger partial charge on any atom is -0.375 e. The van der Waals surface area contributed by atoms with Crippen molar-refractivity contribution in [1.29, 1.82) is 0 Å². The van der Waals surface area contributed by atoms with Crippen molar-refractivity contribution >= 4 is 5.91 Å². The van der Waals surface area contributed by atoms with E-state index in [1.54, 1.807) is 35.2 Å². The lowest BCUT2D eigenvalue weighted by atomic mass is 9.75. The lowest BCUT2D eigenvalue weighted by Gasteiger charge is -2.43. The largest absolute Gasteiger partial charge is 0.375 e. The molecule has 0 aromatic heterocycles. The quantitative estimate of drug-likeness (QED) is 0.830. The van der Waals surface area contributed by atoms with Gasteiger partial charge in [0.2, 0.25) is 5.92 Å². The molecule has 0 bridgehead atoms. The fourth-order valence-electron chi connectivity index (χ4n) is 5.52. The highest BCUT2D eigenvalue weighted by Gasteiger charge is 2.55. The maximum Gasteiger partial charge on any atom is 0.259 e. The Morgan fingerprint density at radius 1 is 1.18 bits per heavy atom. The molecule has 2 N–H and O–H groups in total. The number of piperidine rings is 1. The topological polar surface area (TPSA) is 52.6 Å². The average molecular weight is 392 g/mol. The van der Waals surface area contributed by atoms with Gasteiger partial charge in [-0.15, -0.1) is 0 Å². The van der Waals surface area contributed by atoms with Crippen LogP contribution in [0.3, 0.4) is 0 Å². The molecule has 1 spiro atoms. The van der Waals surface area contributed by atoms with Crippen LogP contribution in [0.15, 0.2) is 30.3 Å². The highest BCUT2D eigenvalue weighted by atomic mass is 19.3. The van der Waals surface area contributed by atoms with E-state index in [0.717, 1.165) is 25.8 Å². The van der Waals surface area contributed by atoms with Crippen molar-refractivity contribution in [2.45, 2.75) is 63.0 Å². The third-order valence-corrected chi connectivity index (χ3v) is 7.21. The van der Waals surface area contributed by atoms with Crippen LogP contribution in [0.25, 0.3) is 0 Å². The summed E-state index contributed by atoms with van der Waals surface area (Å²) in [7, 11) is 0. The van der Waals surface area contributed by atoms with Crippen LogP contribution in [0.5, 0.6) is 0 Å². The third-order valence-electron chi connectivity index (χ3n) is 7.21. The maximum atomic E-state index is 13.9. The van der Waals surface area contributed by atoms with Gasteiger partial charge in [0.15, 0.2) is 5.60 Å². The van der Waals surface area contributed by atoms with Crippen LogP contribution in [0.1, 0.15) is 51.0 Å². The molecule has 1 aromatic rings. The minimum atomic E-state index is -2.81. The summed E-state index contributed by atoms with van der Waals surface area (Å²) in [4.78, 5) is 15.2. The van der Waals surface area contributed by atoms with Crippen LogP contribution in [-0.4, -0.2) is 47.5 Å². The first-order valence-electron chi connectivity index (χ1n) is 10.4. The van der Waals surface area contributed by atoms with E-state index < -0.39 is 29.8 Å². The van der Waals surface area contributed by atoms with Crippen molar-refractivity contribution in [3.05, 3.63) is 35.9 Å².